The Morgan fingerprint density at radius 1 is 0.489 bits per heavy atom. The first-order valence-corrected chi connectivity index (χ1v) is 19.8. The molecule has 2 atom stereocenters. The highest BCUT2D eigenvalue weighted by molar-refractivity contribution is 6.06. The number of benzene rings is 2. The zero-order chi connectivity index (χ0) is 32.5. The van der Waals surface area contributed by atoms with E-state index in [0.29, 0.717) is 13.2 Å². The summed E-state index contributed by atoms with van der Waals surface area (Å²) in [5, 5.41) is 2.22. The molecule has 0 aliphatic carbocycles. The number of fused-ring (bicyclic) bond motifs is 3. The molecule has 5 rings (SSSR count). The second-order valence-electron chi connectivity index (χ2n) is 14.4. The number of aryl methyl sites for hydroxylation is 2. The van der Waals surface area contributed by atoms with Gasteiger partial charge in [-0.05, 0) is 61.1 Å². The Morgan fingerprint density at radius 2 is 0.830 bits per heavy atom. The van der Waals surface area contributed by atoms with Crippen molar-refractivity contribution in [3.8, 4) is 11.5 Å². The van der Waals surface area contributed by atoms with Crippen LogP contribution in [0.15, 0.2) is 28.7 Å². The molecule has 2 unspecified atom stereocenters. The molecule has 1 aromatic heterocycles. The SMILES string of the molecule is CCCCCCCCCCCCc1cc2oc3cc(CCCCCCCCCCCC)c(OCC4CO4)cc3c2cc1OCC1CO1. The lowest BCUT2D eigenvalue weighted by Gasteiger charge is -2.12. The summed E-state index contributed by atoms with van der Waals surface area (Å²) in [6.07, 6.45) is 29.3. The van der Waals surface area contributed by atoms with Gasteiger partial charge in [-0.2, -0.15) is 0 Å². The Labute approximate surface area is 285 Å². The summed E-state index contributed by atoms with van der Waals surface area (Å²) in [4.78, 5) is 0. The fourth-order valence-electron chi connectivity index (χ4n) is 6.87. The van der Waals surface area contributed by atoms with Crippen LogP contribution in [0, 0.1) is 0 Å². The standard InChI is InChI=1S/C42H64O5/c1-3-5-7-9-11-13-15-17-19-21-23-33-25-41-37(27-39(33)45-31-35-29-43-35)38-28-40(46-32-36-30-44-36)34(26-42(38)47-41)24-22-20-18-16-14-12-10-8-6-4-2/h25-28,35-36H,3-24,29-32H2,1-2H3. The highest BCUT2D eigenvalue weighted by Crippen LogP contribution is 2.39. The van der Waals surface area contributed by atoms with E-state index in [2.05, 4.69) is 38.1 Å². The molecule has 262 valence electrons. The van der Waals surface area contributed by atoms with Crippen LogP contribution in [0.3, 0.4) is 0 Å². The number of hydrogen-bond acceptors (Lipinski definition) is 5. The van der Waals surface area contributed by atoms with Crippen molar-refractivity contribution in [2.75, 3.05) is 26.4 Å². The van der Waals surface area contributed by atoms with Gasteiger partial charge in [0.15, 0.2) is 0 Å². The second kappa shape index (κ2) is 20.3. The fourth-order valence-corrected chi connectivity index (χ4v) is 6.87. The van der Waals surface area contributed by atoms with Crippen molar-refractivity contribution in [1.29, 1.82) is 0 Å². The van der Waals surface area contributed by atoms with Gasteiger partial charge in [-0.3, -0.25) is 0 Å². The van der Waals surface area contributed by atoms with E-state index in [0.717, 1.165) is 59.5 Å². The molecule has 5 heteroatoms. The van der Waals surface area contributed by atoms with Crippen LogP contribution in [-0.2, 0) is 22.3 Å². The first kappa shape index (κ1) is 36.1. The molecule has 0 amide bonds. The first-order valence-electron chi connectivity index (χ1n) is 19.8. The minimum atomic E-state index is 0.231. The lowest BCUT2D eigenvalue weighted by molar-refractivity contribution is 0.261. The molecule has 2 fully saturated rings. The average Bonchev–Trinajstić information content (AvgIpc) is 4.02. The molecule has 2 aromatic carbocycles. The molecule has 0 saturated carbocycles. The summed E-state index contributed by atoms with van der Waals surface area (Å²) in [7, 11) is 0. The van der Waals surface area contributed by atoms with Crippen molar-refractivity contribution in [2.24, 2.45) is 0 Å². The van der Waals surface area contributed by atoms with Crippen LogP contribution in [0.2, 0.25) is 0 Å². The number of rotatable bonds is 28. The van der Waals surface area contributed by atoms with Gasteiger partial charge in [0.2, 0.25) is 0 Å². The van der Waals surface area contributed by atoms with Crippen molar-refractivity contribution in [3.63, 3.8) is 0 Å². The van der Waals surface area contributed by atoms with Gasteiger partial charge >= 0.3 is 0 Å². The summed E-state index contributed by atoms with van der Waals surface area (Å²) in [6.45, 7) is 7.41. The molecule has 0 bridgehead atoms. The quantitative estimate of drug-likeness (QED) is 0.0579. The molecule has 2 aliphatic heterocycles. The third-order valence-corrected chi connectivity index (χ3v) is 10.1. The van der Waals surface area contributed by atoms with E-state index in [1.807, 2.05) is 0 Å². The second-order valence-corrected chi connectivity index (χ2v) is 14.4. The summed E-state index contributed by atoms with van der Waals surface area (Å²) < 4.78 is 30.2. The van der Waals surface area contributed by atoms with Gasteiger partial charge in [0.25, 0.3) is 0 Å². The Morgan fingerprint density at radius 3 is 1.17 bits per heavy atom. The van der Waals surface area contributed by atoms with Crippen LogP contribution in [0.5, 0.6) is 11.5 Å². The van der Waals surface area contributed by atoms with Gasteiger partial charge in [-0.25, -0.2) is 0 Å². The fraction of sp³-hybridized carbons (Fsp3) is 0.714. The predicted octanol–water partition coefficient (Wildman–Crippen LogP) is 12.1. The minimum absolute atomic E-state index is 0.231. The van der Waals surface area contributed by atoms with Crippen LogP contribution >= 0.6 is 0 Å². The maximum absolute atomic E-state index is 6.56. The molecule has 5 nitrogen and oxygen atoms in total. The lowest BCUT2D eigenvalue weighted by Crippen LogP contribution is -2.06. The predicted molar refractivity (Wildman–Crippen MR) is 195 cm³/mol. The summed E-state index contributed by atoms with van der Waals surface area (Å²) in [5.41, 5.74) is 4.41. The van der Waals surface area contributed by atoms with Crippen LogP contribution in [-0.4, -0.2) is 38.6 Å². The molecular formula is C42H64O5. The van der Waals surface area contributed by atoms with E-state index in [4.69, 9.17) is 23.4 Å². The van der Waals surface area contributed by atoms with E-state index in [9.17, 15) is 0 Å². The number of hydrogen-bond donors (Lipinski definition) is 0. The zero-order valence-electron chi connectivity index (χ0n) is 29.9. The van der Waals surface area contributed by atoms with E-state index in [1.54, 1.807) is 0 Å². The summed E-state index contributed by atoms with van der Waals surface area (Å²) in [5.74, 6) is 1.96. The molecule has 47 heavy (non-hydrogen) atoms. The van der Waals surface area contributed by atoms with Crippen molar-refractivity contribution in [2.45, 2.75) is 167 Å². The Kier molecular flexibility index (Phi) is 15.6. The van der Waals surface area contributed by atoms with Gasteiger partial charge in [0.05, 0.1) is 13.2 Å². The summed E-state index contributed by atoms with van der Waals surface area (Å²) >= 11 is 0. The van der Waals surface area contributed by atoms with Crippen molar-refractivity contribution >= 4 is 21.9 Å². The zero-order valence-corrected chi connectivity index (χ0v) is 29.9. The van der Waals surface area contributed by atoms with Gasteiger partial charge in [0, 0.05) is 10.8 Å². The molecule has 0 N–H and O–H groups in total. The molecule has 2 saturated heterocycles. The van der Waals surface area contributed by atoms with Crippen molar-refractivity contribution < 1.29 is 23.4 Å². The van der Waals surface area contributed by atoms with Gasteiger partial charge in [-0.15, -0.1) is 0 Å². The minimum Gasteiger partial charge on any atom is -0.490 e. The monoisotopic (exact) mass is 648 g/mol. The summed E-state index contributed by atoms with van der Waals surface area (Å²) in [6, 6.07) is 8.91. The lowest BCUT2D eigenvalue weighted by atomic mass is 10.00. The Hall–Kier alpha value is -2.24. The Bertz CT molecular complexity index is 1210. The Balaban J connectivity index is 1.20. The van der Waals surface area contributed by atoms with Crippen LogP contribution in [0.1, 0.15) is 153 Å². The van der Waals surface area contributed by atoms with Crippen LogP contribution in [0.4, 0.5) is 0 Å². The topological polar surface area (TPSA) is 56.7 Å². The molecular weight excluding hydrogens is 584 g/mol. The normalized spacial score (nSPS) is 17.1. The number of epoxide rings is 2. The number of unbranched alkanes of at least 4 members (excludes halogenated alkanes) is 18. The molecule has 3 heterocycles. The molecule has 2 aliphatic rings. The molecule has 0 radical (unpaired) electrons. The first-order chi connectivity index (χ1) is 23.2. The highest BCUT2D eigenvalue weighted by Gasteiger charge is 2.25. The maximum Gasteiger partial charge on any atom is 0.135 e. The highest BCUT2D eigenvalue weighted by atomic mass is 16.6. The van der Waals surface area contributed by atoms with Crippen molar-refractivity contribution in [3.05, 3.63) is 35.4 Å². The van der Waals surface area contributed by atoms with Crippen LogP contribution < -0.4 is 9.47 Å². The number of ether oxygens (including phenoxy) is 4. The van der Waals surface area contributed by atoms with Crippen molar-refractivity contribution in [1.82, 2.24) is 0 Å². The third-order valence-electron chi connectivity index (χ3n) is 10.1. The molecule has 3 aromatic rings. The van der Waals surface area contributed by atoms with Gasteiger partial charge in [0.1, 0.15) is 48.1 Å². The average molecular weight is 649 g/mol. The number of furan rings is 1. The van der Waals surface area contributed by atoms with Gasteiger partial charge < -0.3 is 23.4 Å². The molecule has 0 spiro atoms. The smallest absolute Gasteiger partial charge is 0.135 e. The third kappa shape index (κ3) is 12.6. The largest absolute Gasteiger partial charge is 0.490 e. The van der Waals surface area contributed by atoms with E-state index in [-0.39, 0.29) is 12.2 Å². The van der Waals surface area contributed by atoms with Gasteiger partial charge in [-0.1, -0.05) is 129 Å². The maximum atomic E-state index is 6.56. The van der Waals surface area contributed by atoms with E-state index < -0.39 is 0 Å². The van der Waals surface area contributed by atoms with E-state index >= 15 is 0 Å². The van der Waals surface area contributed by atoms with E-state index in [1.165, 1.54) is 140 Å². The van der Waals surface area contributed by atoms with Crippen LogP contribution in [0.25, 0.3) is 21.9 Å².